The number of carbonyl (C=O) groups is 1. The minimum Gasteiger partial charge on any atom is -0.326 e. The van der Waals surface area contributed by atoms with Crippen molar-refractivity contribution < 1.29 is 4.79 Å². The highest BCUT2D eigenvalue weighted by Gasteiger charge is 2.04. The van der Waals surface area contributed by atoms with Crippen LogP contribution in [-0.4, -0.2) is 5.91 Å². The van der Waals surface area contributed by atoms with Gasteiger partial charge in [-0.25, -0.2) is 0 Å². The molecule has 0 saturated carbocycles. The molecule has 0 saturated heterocycles. The minimum atomic E-state index is 0.0402. The van der Waals surface area contributed by atoms with E-state index < -0.39 is 0 Å². The highest BCUT2D eigenvalue weighted by Crippen LogP contribution is 2.10. The van der Waals surface area contributed by atoms with Gasteiger partial charge < -0.3 is 5.32 Å². The number of nitrogens with one attached hydrogen (secondary N) is 1. The highest BCUT2D eigenvalue weighted by atomic mass is 16.1. The van der Waals surface area contributed by atoms with E-state index in [2.05, 4.69) is 11.2 Å². The van der Waals surface area contributed by atoms with E-state index >= 15 is 0 Å². The third-order valence-corrected chi connectivity index (χ3v) is 1.93. The Balaban J connectivity index is 2.58. The number of carbonyl (C=O) groups excluding carboxylic acids is 1. The number of hydrogen-bond donors (Lipinski definition) is 1. The van der Waals surface area contributed by atoms with E-state index in [1.54, 1.807) is 0 Å². The molecule has 0 aliphatic heterocycles. The van der Waals surface area contributed by atoms with Crippen LogP contribution in [0.5, 0.6) is 0 Å². The van der Waals surface area contributed by atoms with Gasteiger partial charge in [0, 0.05) is 17.7 Å². The number of rotatable bonds is 3. The molecule has 0 heterocycles. The average Bonchev–Trinajstić information content (AvgIpc) is 2.17. The molecule has 15 heavy (non-hydrogen) atoms. The number of amides is 1. The van der Waals surface area contributed by atoms with Crippen molar-refractivity contribution in [3.8, 4) is 12.3 Å². The lowest BCUT2D eigenvalue weighted by Crippen LogP contribution is -2.13. The van der Waals surface area contributed by atoms with Gasteiger partial charge in [-0.3, -0.25) is 4.79 Å². The fourth-order valence-electron chi connectivity index (χ4n) is 1.23. The van der Waals surface area contributed by atoms with Crippen LogP contribution in [0.4, 0.5) is 5.69 Å². The van der Waals surface area contributed by atoms with E-state index in [1.807, 2.05) is 38.1 Å². The smallest absolute Gasteiger partial charge is 0.224 e. The third kappa shape index (κ3) is 3.86. The largest absolute Gasteiger partial charge is 0.326 e. The molecule has 2 heteroatoms. The van der Waals surface area contributed by atoms with E-state index in [1.165, 1.54) is 0 Å². The fourth-order valence-corrected chi connectivity index (χ4v) is 1.23. The Bertz CT molecular complexity index is 371. The molecule has 0 spiro atoms. The molecule has 2 nitrogen and oxygen atoms in total. The summed E-state index contributed by atoms with van der Waals surface area (Å²) in [7, 11) is 0. The zero-order chi connectivity index (χ0) is 11.3. The van der Waals surface area contributed by atoms with Crippen molar-refractivity contribution in [1.82, 2.24) is 0 Å². The predicted octanol–water partition coefficient (Wildman–Crippen LogP) is 2.65. The molecular weight excluding hydrogens is 186 g/mol. The molecule has 78 valence electrons. The van der Waals surface area contributed by atoms with Gasteiger partial charge in [0.25, 0.3) is 0 Å². The van der Waals surface area contributed by atoms with Crippen molar-refractivity contribution in [3.05, 3.63) is 29.8 Å². The van der Waals surface area contributed by atoms with Crippen molar-refractivity contribution in [3.63, 3.8) is 0 Å². The Labute approximate surface area is 90.7 Å². The van der Waals surface area contributed by atoms with Gasteiger partial charge in [-0.15, -0.1) is 6.42 Å². The number of benzene rings is 1. The Kier molecular flexibility index (Phi) is 3.93. The SMILES string of the molecule is C#Cc1ccc(NC(=O)CC(C)C)cc1. The molecule has 0 aromatic heterocycles. The van der Waals surface area contributed by atoms with Crippen molar-refractivity contribution in [2.24, 2.45) is 5.92 Å². The molecular formula is C13H15NO. The van der Waals surface area contributed by atoms with Crippen LogP contribution in [0, 0.1) is 18.3 Å². The van der Waals surface area contributed by atoms with E-state index in [0.717, 1.165) is 11.3 Å². The summed E-state index contributed by atoms with van der Waals surface area (Å²) in [6.45, 7) is 4.03. The lowest BCUT2D eigenvalue weighted by Gasteiger charge is -2.06. The summed E-state index contributed by atoms with van der Waals surface area (Å²) in [6.07, 6.45) is 5.77. The monoisotopic (exact) mass is 201 g/mol. The molecule has 0 aliphatic rings. The Morgan fingerprint density at radius 2 is 2.00 bits per heavy atom. The molecule has 0 unspecified atom stereocenters. The van der Waals surface area contributed by atoms with Crippen LogP contribution in [0.1, 0.15) is 25.8 Å². The average molecular weight is 201 g/mol. The van der Waals surface area contributed by atoms with Crippen molar-refractivity contribution in [2.75, 3.05) is 5.32 Å². The summed E-state index contributed by atoms with van der Waals surface area (Å²) in [6, 6.07) is 7.25. The van der Waals surface area contributed by atoms with Crippen molar-refractivity contribution in [1.29, 1.82) is 0 Å². The molecule has 0 aliphatic carbocycles. The first kappa shape index (κ1) is 11.3. The molecule has 1 N–H and O–H groups in total. The summed E-state index contributed by atoms with van der Waals surface area (Å²) < 4.78 is 0. The zero-order valence-electron chi connectivity index (χ0n) is 9.08. The van der Waals surface area contributed by atoms with Gasteiger partial charge in [0.1, 0.15) is 0 Å². The molecule has 1 rings (SSSR count). The first-order valence-electron chi connectivity index (χ1n) is 4.98. The third-order valence-electron chi connectivity index (χ3n) is 1.93. The number of anilines is 1. The number of terminal acetylenes is 1. The van der Waals surface area contributed by atoms with Crippen LogP contribution in [-0.2, 0) is 4.79 Å². The maximum absolute atomic E-state index is 11.4. The molecule has 1 amide bonds. The fraction of sp³-hybridized carbons (Fsp3) is 0.308. The topological polar surface area (TPSA) is 29.1 Å². The van der Waals surface area contributed by atoms with Crippen LogP contribution >= 0.6 is 0 Å². The highest BCUT2D eigenvalue weighted by molar-refractivity contribution is 5.90. The van der Waals surface area contributed by atoms with Crippen LogP contribution in [0.3, 0.4) is 0 Å². The summed E-state index contributed by atoms with van der Waals surface area (Å²) in [5, 5.41) is 2.82. The van der Waals surface area contributed by atoms with Crippen LogP contribution in [0.25, 0.3) is 0 Å². The van der Waals surface area contributed by atoms with Gasteiger partial charge in [-0.05, 0) is 30.2 Å². The Morgan fingerprint density at radius 3 is 2.47 bits per heavy atom. The van der Waals surface area contributed by atoms with E-state index in [4.69, 9.17) is 6.42 Å². The quantitative estimate of drug-likeness (QED) is 0.748. The lowest BCUT2D eigenvalue weighted by molar-refractivity contribution is -0.116. The summed E-state index contributed by atoms with van der Waals surface area (Å²) >= 11 is 0. The van der Waals surface area contributed by atoms with Gasteiger partial charge in [0.2, 0.25) is 5.91 Å². The van der Waals surface area contributed by atoms with Gasteiger partial charge in [-0.2, -0.15) is 0 Å². The molecule has 1 aromatic carbocycles. The normalized spacial score (nSPS) is 9.73. The van der Waals surface area contributed by atoms with Crippen molar-refractivity contribution >= 4 is 11.6 Å². The number of hydrogen-bond acceptors (Lipinski definition) is 1. The second-order valence-corrected chi connectivity index (χ2v) is 3.87. The summed E-state index contributed by atoms with van der Waals surface area (Å²) in [5.41, 5.74) is 1.61. The molecule has 0 fully saturated rings. The maximum Gasteiger partial charge on any atom is 0.224 e. The second kappa shape index (κ2) is 5.21. The first-order valence-corrected chi connectivity index (χ1v) is 4.98. The lowest BCUT2D eigenvalue weighted by atomic mass is 10.1. The molecule has 1 aromatic rings. The first-order chi connectivity index (χ1) is 7.11. The van der Waals surface area contributed by atoms with Crippen LogP contribution in [0.2, 0.25) is 0 Å². The maximum atomic E-state index is 11.4. The Morgan fingerprint density at radius 1 is 1.40 bits per heavy atom. The second-order valence-electron chi connectivity index (χ2n) is 3.87. The summed E-state index contributed by atoms with van der Waals surface area (Å²) in [5.74, 6) is 2.94. The van der Waals surface area contributed by atoms with E-state index in [-0.39, 0.29) is 5.91 Å². The van der Waals surface area contributed by atoms with Crippen molar-refractivity contribution in [2.45, 2.75) is 20.3 Å². The standard InChI is InChI=1S/C13H15NO/c1-4-11-5-7-12(8-6-11)14-13(15)9-10(2)3/h1,5-8,10H,9H2,2-3H3,(H,14,15). The molecule has 0 radical (unpaired) electrons. The molecule has 0 bridgehead atoms. The van der Waals surface area contributed by atoms with Crippen LogP contribution in [0.15, 0.2) is 24.3 Å². The van der Waals surface area contributed by atoms with Gasteiger partial charge in [0.15, 0.2) is 0 Å². The van der Waals surface area contributed by atoms with Gasteiger partial charge in [0.05, 0.1) is 0 Å². The predicted molar refractivity (Wildman–Crippen MR) is 62.5 cm³/mol. The van der Waals surface area contributed by atoms with Gasteiger partial charge in [-0.1, -0.05) is 19.8 Å². The van der Waals surface area contributed by atoms with Crippen LogP contribution < -0.4 is 5.32 Å². The summed E-state index contributed by atoms with van der Waals surface area (Å²) in [4.78, 5) is 11.4. The van der Waals surface area contributed by atoms with Gasteiger partial charge >= 0.3 is 0 Å². The minimum absolute atomic E-state index is 0.0402. The van der Waals surface area contributed by atoms with E-state index in [0.29, 0.717) is 12.3 Å². The Hall–Kier alpha value is -1.75. The van der Waals surface area contributed by atoms with E-state index in [9.17, 15) is 4.79 Å². The molecule has 0 atom stereocenters. The zero-order valence-corrected chi connectivity index (χ0v) is 9.08.